The molecule has 0 aliphatic carbocycles. The van der Waals surface area contributed by atoms with Gasteiger partial charge in [-0.15, -0.1) is 11.3 Å². The van der Waals surface area contributed by atoms with Crippen LogP contribution in [0, 0.1) is 6.92 Å². The van der Waals surface area contributed by atoms with E-state index in [1.165, 1.54) is 6.07 Å². The Morgan fingerprint density at radius 2 is 1.90 bits per heavy atom. The predicted octanol–water partition coefficient (Wildman–Crippen LogP) is 5.92. The van der Waals surface area contributed by atoms with Gasteiger partial charge >= 0.3 is 0 Å². The molecule has 9 heteroatoms. The molecule has 2 N–H and O–H groups in total. The Labute approximate surface area is 199 Å². The summed E-state index contributed by atoms with van der Waals surface area (Å²) in [6.07, 6.45) is 2.44. The Kier molecular flexibility index (Phi) is 8.37. The lowest BCUT2D eigenvalue weighted by Gasteiger charge is -2.19. The molecule has 5 nitrogen and oxygen atoms in total. The SMILES string of the molecule is CSCCC(NC(=O)c1ccc(Cl)cc1Cl)C(=O)Nc1ccc(-c2csc(C)n2)cc1. The summed E-state index contributed by atoms with van der Waals surface area (Å²) >= 11 is 15.2. The van der Waals surface area contributed by atoms with Crippen LogP contribution in [-0.4, -0.2) is 34.8 Å². The topological polar surface area (TPSA) is 71.1 Å². The van der Waals surface area contributed by atoms with Crippen LogP contribution in [0.4, 0.5) is 5.69 Å². The number of thioether (sulfide) groups is 1. The van der Waals surface area contributed by atoms with E-state index in [2.05, 4.69) is 15.6 Å². The van der Waals surface area contributed by atoms with Crippen LogP contribution in [0.25, 0.3) is 11.3 Å². The minimum Gasteiger partial charge on any atom is -0.340 e. The lowest BCUT2D eigenvalue weighted by Crippen LogP contribution is -2.44. The van der Waals surface area contributed by atoms with Gasteiger partial charge in [-0.05, 0) is 55.7 Å². The number of anilines is 1. The summed E-state index contributed by atoms with van der Waals surface area (Å²) < 4.78 is 0. The first-order chi connectivity index (χ1) is 14.9. The summed E-state index contributed by atoms with van der Waals surface area (Å²) in [5.41, 5.74) is 2.81. The van der Waals surface area contributed by atoms with Gasteiger partial charge in [0, 0.05) is 21.7 Å². The lowest BCUT2D eigenvalue weighted by molar-refractivity contribution is -0.118. The first-order valence-corrected chi connectivity index (χ1v) is 12.5. The van der Waals surface area contributed by atoms with Gasteiger partial charge in [0.25, 0.3) is 5.91 Å². The zero-order valence-electron chi connectivity index (χ0n) is 16.9. The summed E-state index contributed by atoms with van der Waals surface area (Å²) in [5.74, 6) is 0.0105. The number of benzene rings is 2. The van der Waals surface area contributed by atoms with E-state index in [4.69, 9.17) is 23.2 Å². The van der Waals surface area contributed by atoms with E-state index in [-0.39, 0.29) is 16.5 Å². The molecular formula is C22H21Cl2N3O2S2. The smallest absolute Gasteiger partial charge is 0.253 e. The van der Waals surface area contributed by atoms with Crippen molar-refractivity contribution in [2.24, 2.45) is 0 Å². The van der Waals surface area contributed by atoms with E-state index < -0.39 is 11.9 Å². The van der Waals surface area contributed by atoms with Crippen LogP contribution in [0.3, 0.4) is 0 Å². The molecule has 2 amide bonds. The number of amides is 2. The molecule has 1 heterocycles. The van der Waals surface area contributed by atoms with E-state index in [1.807, 2.05) is 42.8 Å². The Bertz CT molecular complexity index is 1070. The fourth-order valence-corrected chi connectivity index (χ4v) is 4.45. The standard InChI is InChI=1S/C22H21Cl2N3O2S2/c1-13-25-20(12-31-13)14-3-6-16(7-4-14)26-22(29)19(9-10-30-2)27-21(28)17-8-5-15(23)11-18(17)24/h3-8,11-12,19H,9-10H2,1-2H3,(H,26,29)(H,27,28). The number of halogens is 2. The van der Waals surface area contributed by atoms with Gasteiger partial charge in [0.1, 0.15) is 6.04 Å². The van der Waals surface area contributed by atoms with E-state index >= 15 is 0 Å². The van der Waals surface area contributed by atoms with Crippen LogP contribution in [0.2, 0.25) is 10.0 Å². The molecule has 0 radical (unpaired) electrons. The molecule has 31 heavy (non-hydrogen) atoms. The molecule has 0 aliphatic heterocycles. The Balaban J connectivity index is 1.69. The van der Waals surface area contributed by atoms with Crippen LogP contribution < -0.4 is 10.6 Å². The number of nitrogens with zero attached hydrogens (tertiary/aromatic N) is 1. The molecule has 0 saturated carbocycles. The summed E-state index contributed by atoms with van der Waals surface area (Å²) in [4.78, 5) is 30.0. The Morgan fingerprint density at radius 1 is 1.16 bits per heavy atom. The summed E-state index contributed by atoms with van der Waals surface area (Å²) in [6.45, 7) is 1.96. The second-order valence-corrected chi connectivity index (χ2v) is 9.64. The maximum absolute atomic E-state index is 12.9. The van der Waals surface area contributed by atoms with Crippen molar-refractivity contribution in [3.8, 4) is 11.3 Å². The maximum Gasteiger partial charge on any atom is 0.253 e. The maximum atomic E-state index is 12.9. The highest BCUT2D eigenvalue weighted by molar-refractivity contribution is 7.98. The fraction of sp³-hybridized carbons (Fsp3) is 0.227. The van der Waals surface area contributed by atoms with Gasteiger partial charge in [-0.2, -0.15) is 11.8 Å². The molecule has 0 spiro atoms. The van der Waals surface area contributed by atoms with Gasteiger partial charge in [0.15, 0.2) is 0 Å². The molecule has 162 valence electrons. The number of thiazole rings is 1. The number of rotatable bonds is 8. The third kappa shape index (κ3) is 6.46. The molecular weight excluding hydrogens is 473 g/mol. The third-order valence-corrected chi connectivity index (χ3v) is 6.44. The van der Waals surface area contributed by atoms with Gasteiger partial charge in [0.2, 0.25) is 5.91 Å². The van der Waals surface area contributed by atoms with E-state index in [0.29, 0.717) is 17.1 Å². The number of carbonyl (C=O) groups excluding carboxylic acids is 2. The molecule has 3 aromatic rings. The van der Waals surface area contributed by atoms with Crippen LogP contribution in [0.15, 0.2) is 47.8 Å². The molecule has 0 aliphatic rings. The number of aryl methyl sites for hydroxylation is 1. The van der Waals surface area contributed by atoms with Crippen molar-refractivity contribution in [3.05, 3.63) is 68.5 Å². The first-order valence-electron chi connectivity index (χ1n) is 9.45. The van der Waals surface area contributed by atoms with Crippen molar-refractivity contribution in [2.45, 2.75) is 19.4 Å². The summed E-state index contributed by atoms with van der Waals surface area (Å²) in [5, 5.41) is 9.35. The van der Waals surface area contributed by atoms with Gasteiger partial charge < -0.3 is 10.6 Å². The minimum atomic E-state index is -0.701. The van der Waals surface area contributed by atoms with Crippen LogP contribution in [-0.2, 0) is 4.79 Å². The number of carbonyl (C=O) groups is 2. The Morgan fingerprint density at radius 3 is 2.52 bits per heavy atom. The molecule has 0 saturated heterocycles. The Hall–Kier alpha value is -2.06. The average molecular weight is 494 g/mol. The molecule has 2 aromatic carbocycles. The van der Waals surface area contributed by atoms with Crippen molar-refractivity contribution in [1.82, 2.24) is 10.3 Å². The zero-order valence-corrected chi connectivity index (χ0v) is 20.1. The number of aromatic nitrogens is 1. The molecule has 1 aromatic heterocycles. The lowest BCUT2D eigenvalue weighted by atomic mass is 10.1. The minimum absolute atomic E-state index is 0.238. The van der Waals surface area contributed by atoms with E-state index in [0.717, 1.165) is 22.0 Å². The number of hydrogen-bond acceptors (Lipinski definition) is 5. The van der Waals surface area contributed by atoms with Crippen LogP contribution in [0.5, 0.6) is 0 Å². The molecule has 3 rings (SSSR count). The van der Waals surface area contributed by atoms with Crippen molar-refractivity contribution in [3.63, 3.8) is 0 Å². The van der Waals surface area contributed by atoms with E-state index in [1.54, 1.807) is 35.2 Å². The molecule has 1 atom stereocenters. The second-order valence-electron chi connectivity index (χ2n) is 6.75. The van der Waals surface area contributed by atoms with Crippen molar-refractivity contribution in [2.75, 3.05) is 17.3 Å². The normalized spacial score (nSPS) is 11.7. The van der Waals surface area contributed by atoms with Crippen molar-refractivity contribution < 1.29 is 9.59 Å². The number of nitrogens with one attached hydrogen (secondary N) is 2. The van der Waals surface area contributed by atoms with Gasteiger partial charge in [-0.25, -0.2) is 4.98 Å². The molecule has 0 bridgehead atoms. The monoisotopic (exact) mass is 493 g/mol. The quantitative estimate of drug-likeness (QED) is 0.408. The fourth-order valence-electron chi connectivity index (χ4n) is 2.86. The summed E-state index contributed by atoms with van der Waals surface area (Å²) in [6, 6.07) is 11.4. The second kappa shape index (κ2) is 11.0. The van der Waals surface area contributed by atoms with Gasteiger partial charge in [0.05, 0.1) is 21.3 Å². The van der Waals surface area contributed by atoms with Gasteiger partial charge in [-0.1, -0.05) is 35.3 Å². The van der Waals surface area contributed by atoms with Crippen molar-refractivity contribution >= 4 is 63.8 Å². The highest BCUT2D eigenvalue weighted by Gasteiger charge is 2.22. The largest absolute Gasteiger partial charge is 0.340 e. The highest BCUT2D eigenvalue weighted by Crippen LogP contribution is 2.24. The molecule has 1 unspecified atom stereocenters. The molecule has 0 fully saturated rings. The van der Waals surface area contributed by atoms with E-state index in [9.17, 15) is 9.59 Å². The average Bonchev–Trinajstić information content (AvgIpc) is 3.17. The third-order valence-electron chi connectivity index (χ3n) is 4.48. The van der Waals surface area contributed by atoms with Crippen LogP contribution >= 0.6 is 46.3 Å². The zero-order chi connectivity index (χ0) is 22.4. The predicted molar refractivity (Wildman–Crippen MR) is 132 cm³/mol. The number of hydrogen-bond donors (Lipinski definition) is 2. The van der Waals surface area contributed by atoms with Crippen molar-refractivity contribution in [1.29, 1.82) is 0 Å². The summed E-state index contributed by atoms with van der Waals surface area (Å²) in [7, 11) is 0. The van der Waals surface area contributed by atoms with Gasteiger partial charge in [-0.3, -0.25) is 9.59 Å². The van der Waals surface area contributed by atoms with Crippen LogP contribution in [0.1, 0.15) is 21.8 Å². The first kappa shape index (κ1) is 23.6. The highest BCUT2D eigenvalue weighted by atomic mass is 35.5.